The van der Waals surface area contributed by atoms with Gasteiger partial charge in [-0.2, -0.15) is 5.10 Å². The van der Waals surface area contributed by atoms with Crippen LogP contribution in [0.2, 0.25) is 0 Å². The maximum Gasteiger partial charge on any atom is 0.302 e. The molecule has 2 aromatic carbocycles. The van der Waals surface area contributed by atoms with Crippen molar-refractivity contribution in [1.29, 1.82) is 0 Å². The highest BCUT2D eigenvalue weighted by Crippen LogP contribution is 2.18. The monoisotopic (exact) mass is 449 g/mol. The molecule has 1 N–H and O–H groups in total. The van der Waals surface area contributed by atoms with E-state index in [0.29, 0.717) is 5.69 Å². The number of carbonyl (C=O) groups is 2. The molecule has 1 fully saturated rings. The molecule has 3 aromatic rings. The van der Waals surface area contributed by atoms with Crippen LogP contribution in [-0.2, 0) is 29.7 Å². The first-order valence-corrected chi connectivity index (χ1v) is 11.2. The van der Waals surface area contributed by atoms with Crippen molar-refractivity contribution in [2.45, 2.75) is 26.1 Å². The maximum absolute atomic E-state index is 13.1. The summed E-state index contributed by atoms with van der Waals surface area (Å²) in [5, 5.41) is 8.54. The van der Waals surface area contributed by atoms with Crippen molar-refractivity contribution in [3.63, 3.8) is 0 Å². The van der Waals surface area contributed by atoms with E-state index in [2.05, 4.69) is 39.4 Å². The van der Waals surface area contributed by atoms with E-state index in [4.69, 9.17) is 4.74 Å². The van der Waals surface area contributed by atoms with E-state index in [9.17, 15) is 9.59 Å². The summed E-state index contributed by atoms with van der Waals surface area (Å²) in [7, 11) is 3.94. The highest BCUT2D eigenvalue weighted by molar-refractivity contribution is 6.04. The van der Waals surface area contributed by atoms with Crippen LogP contribution in [0.4, 0.5) is 0 Å². The van der Waals surface area contributed by atoms with Crippen molar-refractivity contribution in [3.8, 4) is 0 Å². The summed E-state index contributed by atoms with van der Waals surface area (Å²) in [5.74, 6) is -0.425. The molecule has 0 saturated carbocycles. The van der Waals surface area contributed by atoms with Crippen molar-refractivity contribution < 1.29 is 14.3 Å². The Balaban J connectivity index is 1.44. The molecule has 1 aliphatic heterocycles. The topological polar surface area (TPSA) is 79.7 Å². The molecule has 33 heavy (non-hydrogen) atoms. The largest absolute Gasteiger partial charge is 0.461 e. The minimum atomic E-state index is -0.282. The highest BCUT2D eigenvalue weighted by atomic mass is 16.5. The Labute approximate surface area is 194 Å². The number of carbonyl (C=O) groups excluding carboxylic acids is 2. The summed E-state index contributed by atoms with van der Waals surface area (Å²) in [4.78, 5) is 28.8. The number of likely N-dealkylation sites (N-methyl/N-ethyl adjacent to an activating group) is 1. The molecule has 1 aromatic heterocycles. The Morgan fingerprint density at radius 3 is 2.67 bits per heavy atom. The first-order chi connectivity index (χ1) is 15.9. The molecule has 0 aliphatic carbocycles. The van der Waals surface area contributed by atoms with E-state index in [1.807, 2.05) is 43.4 Å². The number of benzene rings is 2. The van der Waals surface area contributed by atoms with Crippen LogP contribution in [0.3, 0.4) is 0 Å². The fourth-order valence-corrected chi connectivity index (χ4v) is 4.37. The summed E-state index contributed by atoms with van der Waals surface area (Å²) in [5.41, 5.74) is 3.53. The SMILES string of the molecule is CC(=O)OCc1cccc(CN2CCN(C)CC(NC(=O)c3nn(C)c4ccccc34)C2)c1. The van der Waals surface area contributed by atoms with Gasteiger partial charge in [-0.05, 0) is 24.2 Å². The molecule has 0 radical (unpaired) electrons. The number of rotatable bonds is 6. The molecule has 4 rings (SSSR count). The van der Waals surface area contributed by atoms with Crippen molar-refractivity contribution >= 4 is 22.8 Å². The van der Waals surface area contributed by atoms with E-state index >= 15 is 0 Å². The van der Waals surface area contributed by atoms with Crippen LogP contribution in [0.1, 0.15) is 28.5 Å². The number of ether oxygens (including phenoxy) is 1. The van der Waals surface area contributed by atoms with Crippen LogP contribution in [-0.4, -0.2) is 70.7 Å². The Morgan fingerprint density at radius 1 is 1.06 bits per heavy atom. The van der Waals surface area contributed by atoms with E-state index in [1.165, 1.54) is 6.92 Å². The Hall–Kier alpha value is -3.23. The Bertz CT molecular complexity index is 1140. The van der Waals surface area contributed by atoms with Crippen LogP contribution < -0.4 is 5.32 Å². The number of nitrogens with one attached hydrogen (secondary N) is 1. The summed E-state index contributed by atoms with van der Waals surface area (Å²) in [6.45, 7) is 5.81. The molecule has 0 spiro atoms. The van der Waals surface area contributed by atoms with Gasteiger partial charge in [-0.3, -0.25) is 19.2 Å². The molecule has 8 nitrogen and oxygen atoms in total. The molecule has 174 valence electrons. The first-order valence-electron chi connectivity index (χ1n) is 11.2. The minimum absolute atomic E-state index is 0.0185. The zero-order valence-corrected chi connectivity index (χ0v) is 19.5. The molecule has 1 amide bonds. The fourth-order valence-electron chi connectivity index (χ4n) is 4.37. The van der Waals surface area contributed by atoms with Gasteiger partial charge in [0, 0.05) is 52.1 Å². The number of esters is 1. The third-order valence-corrected chi connectivity index (χ3v) is 5.96. The van der Waals surface area contributed by atoms with Gasteiger partial charge in [0.25, 0.3) is 5.91 Å². The number of fused-ring (bicyclic) bond motifs is 1. The number of nitrogens with zero attached hydrogens (tertiary/aromatic N) is 4. The third-order valence-electron chi connectivity index (χ3n) is 5.96. The van der Waals surface area contributed by atoms with Crippen molar-refractivity contribution in [3.05, 3.63) is 65.4 Å². The number of hydrogen-bond acceptors (Lipinski definition) is 6. The van der Waals surface area contributed by atoms with Crippen LogP contribution in [0, 0.1) is 0 Å². The fraction of sp³-hybridized carbons (Fsp3) is 0.400. The number of hydrogen-bond donors (Lipinski definition) is 1. The Kier molecular flexibility index (Phi) is 7.05. The number of amides is 1. The zero-order chi connectivity index (χ0) is 23.4. The maximum atomic E-state index is 13.1. The second-order valence-corrected chi connectivity index (χ2v) is 8.76. The van der Waals surface area contributed by atoms with Gasteiger partial charge in [0.15, 0.2) is 5.69 Å². The van der Waals surface area contributed by atoms with Gasteiger partial charge in [0.05, 0.1) is 11.6 Å². The van der Waals surface area contributed by atoms with E-state index in [1.54, 1.807) is 4.68 Å². The lowest BCUT2D eigenvalue weighted by molar-refractivity contribution is -0.142. The van der Waals surface area contributed by atoms with Gasteiger partial charge in [0.1, 0.15) is 6.61 Å². The quantitative estimate of drug-likeness (QED) is 0.581. The predicted octanol–water partition coefficient (Wildman–Crippen LogP) is 2.18. The lowest BCUT2D eigenvalue weighted by Crippen LogP contribution is -2.46. The number of aromatic nitrogens is 2. The van der Waals surface area contributed by atoms with Crippen molar-refractivity contribution in [1.82, 2.24) is 24.9 Å². The molecular weight excluding hydrogens is 418 g/mol. The molecule has 1 atom stereocenters. The molecule has 0 bridgehead atoms. The molecular formula is C25H31N5O3. The summed E-state index contributed by atoms with van der Waals surface area (Å²) in [6.07, 6.45) is 0. The number of para-hydroxylation sites is 1. The van der Waals surface area contributed by atoms with Gasteiger partial charge in [-0.15, -0.1) is 0 Å². The molecule has 1 aliphatic rings. The van der Waals surface area contributed by atoms with Crippen molar-refractivity contribution in [2.75, 3.05) is 33.2 Å². The van der Waals surface area contributed by atoms with E-state index in [0.717, 1.165) is 54.8 Å². The molecule has 2 heterocycles. The van der Waals surface area contributed by atoms with Crippen LogP contribution in [0.5, 0.6) is 0 Å². The van der Waals surface area contributed by atoms with E-state index < -0.39 is 0 Å². The first kappa shape index (κ1) is 22.9. The lowest BCUT2D eigenvalue weighted by Gasteiger charge is -2.25. The van der Waals surface area contributed by atoms with Gasteiger partial charge in [-0.1, -0.05) is 42.5 Å². The Morgan fingerprint density at radius 2 is 1.85 bits per heavy atom. The normalized spacial score (nSPS) is 17.6. The van der Waals surface area contributed by atoms with Gasteiger partial charge in [-0.25, -0.2) is 0 Å². The van der Waals surface area contributed by atoms with Crippen LogP contribution in [0.15, 0.2) is 48.5 Å². The standard InChI is InChI=1S/C25H31N5O3/c1-18(31)33-17-20-8-6-7-19(13-20)14-30-12-11-28(2)15-21(16-30)26-25(32)24-22-9-4-5-10-23(22)29(3)27-24/h4-10,13,21H,11-12,14-17H2,1-3H3,(H,26,32). The van der Waals surface area contributed by atoms with Gasteiger partial charge >= 0.3 is 5.97 Å². The summed E-state index contributed by atoms with van der Waals surface area (Å²) < 4.78 is 6.88. The lowest BCUT2D eigenvalue weighted by atomic mass is 10.1. The smallest absolute Gasteiger partial charge is 0.302 e. The molecule has 1 unspecified atom stereocenters. The van der Waals surface area contributed by atoms with Crippen molar-refractivity contribution in [2.24, 2.45) is 7.05 Å². The average molecular weight is 450 g/mol. The van der Waals surface area contributed by atoms with Gasteiger partial charge < -0.3 is 15.0 Å². The highest BCUT2D eigenvalue weighted by Gasteiger charge is 2.25. The molecule has 1 saturated heterocycles. The van der Waals surface area contributed by atoms with Gasteiger partial charge in [0.2, 0.25) is 0 Å². The summed E-state index contributed by atoms with van der Waals surface area (Å²) in [6, 6.07) is 15.9. The summed E-state index contributed by atoms with van der Waals surface area (Å²) >= 11 is 0. The zero-order valence-electron chi connectivity index (χ0n) is 19.5. The average Bonchev–Trinajstić information content (AvgIpc) is 3.03. The minimum Gasteiger partial charge on any atom is -0.461 e. The van der Waals surface area contributed by atoms with Crippen LogP contribution >= 0.6 is 0 Å². The predicted molar refractivity (Wildman–Crippen MR) is 127 cm³/mol. The van der Waals surface area contributed by atoms with E-state index in [-0.39, 0.29) is 24.5 Å². The number of aryl methyl sites for hydroxylation is 1. The molecule has 8 heteroatoms. The van der Waals surface area contributed by atoms with Crippen LogP contribution in [0.25, 0.3) is 10.9 Å². The third kappa shape index (κ3) is 5.77. The second kappa shape index (κ2) is 10.1. The second-order valence-electron chi connectivity index (χ2n) is 8.76.